The molecule has 0 fully saturated rings. The van der Waals surface area contributed by atoms with Crippen LogP contribution in [0, 0.1) is 6.92 Å². The van der Waals surface area contributed by atoms with E-state index in [2.05, 4.69) is 9.72 Å². The van der Waals surface area contributed by atoms with Gasteiger partial charge in [0.05, 0.1) is 12.1 Å². The van der Waals surface area contributed by atoms with Crippen LogP contribution in [0.3, 0.4) is 0 Å². The van der Waals surface area contributed by atoms with Crippen LogP contribution in [0.15, 0.2) is 5.38 Å². The average molecular weight is 185 g/mol. The zero-order chi connectivity index (χ0) is 9.14. The highest BCUT2D eigenvalue weighted by Gasteiger charge is 2.18. The topological polar surface area (TPSA) is 56.3 Å². The third kappa shape index (κ3) is 1.68. The fourth-order valence-corrected chi connectivity index (χ4v) is 1.26. The molecule has 0 aromatic carbocycles. The Balaban J connectivity index is 2.85. The van der Waals surface area contributed by atoms with Crippen LogP contribution >= 0.6 is 11.3 Å². The number of hydrogen-bond donors (Lipinski definition) is 0. The summed E-state index contributed by atoms with van der Waals surface area (Å²) in [5, 5.41) is 2.29. The Morgan fingerprint density at radius 3 is 2.67 bits per heavy atom. The van der Waals surface area contributed by atoms with E-state index in [1.165, 1.54) is 23.8 Å². The third-order valence-electron chi connectivity index (χ3n) is 1.22. The average Bonchev–Trinajstić information content (AvgIpc) is 2.49. The van der Waals surface area contributed by atoms with Gasteiger partial charge in [0, 0.05) is 5.38 Å². The molecule has 0 aliphatic carbocycles. The molecule has 12 heavy (non-hydrogen) atoms. The normalized spacial score (nSPS) is 9.50. The molecular weight excluding hydrogens is 178 g/mol. The summed E-state index contributed by atoms with van der Waals surface area (Å²) in [6, 6.07) is 0. The molecular formula is C7H7NO3S. The predicted molar refractivity (Wildman–Crippen MR) is 43.2 cm³/mol. The number of carbonyl (C=O) groups is 2. The van der Waals surface area contributed by atoms with Crippen molar-refractivity contribution in [2.45, 2.75) is 6.92 Å². The molecule has 0 saturated heterocycles. The molecule has 0 amide bonds. The van der Waals surface area contributed by atoms with Crippen LogP contribution in [0.4, 0.5) is 0 Å². The van der Waals surface area contributed by atoms with Gasteiger partial charge >= 0.3 is 5.97 Å². The fourth-order valence-electron chi connectivity index (χ4n) is 0.665. The summed E-state index contributed by atoms with van der Waals surface area (Å²) in [5.41, 5.74) is 0.157. The van der Waals surface area contributed by atoms with Crippen molar-refractivity contribution in [1.29, 1.82) is 0 Å². The molecule has 0 radical (unpaired) electrons. The number of methoxy groups -OCH3 is 1. The highest BCUT2D eigenvalue weighted by molar-refractivity contribution is 7.09. The summed E-state index contributed by atoms with van der Waals surface area (Å²) in [4.78, 5) is 25.6. The van der Waals surface area contributed by atoms with Crippen LogP contribution in [0.5, 0.6) is 0 Å². The first-order chi connectivity index (χ1) is 5.65. The second-order valence-electron chi connectivity index (χ2n) is 2.07. The van der Waals surface area contributed by atoms with Gasteiger partial charge in [-0.1, -0.05) is 0 Å². The van der Waals surface area contributed by atoms with E-state index in [4.69, 9.17) is 0 Å². The molecule has 0 aliphatic heterocycles. The first-order valence-corrected chi connectivity index (χ1v) is 4.08. The Labute approximate surface area is 73.2 Å². The molecule has 0 spiro atoms. The van der Waals surface area contributed by atoms with Gasteiger partial charge in [-0.05, 0) is 6.92 Å². The number of hydrogen-bond acceptors (Lipinski definition) is 5. The van der Waals surface area contributed by atoms with Crippen LogP contribution in [-0.4, -0.2) is 23.8 Å². The Morgan fingerprint density at radius 1 is 1.58 bits per heavy atom. The maximum Gasteiger partial charge on any atom is 0.381 e. The van der Waals surface area contributed by atoms with Crippen molar-refractivity contribution >= 4 is 23.1 Å². The number of rotatable bonds is 2. The number of carbonyl (C=O) groups excluding carboxylic acids is 2. The number of ether oxygens (including phenoxy) is 1. The Morgan fingerprint density at radius 2 is 2.25 bits per heavy atom. The standard InChI is InChI=1S/C7H7NO3S/c1-4-8-5(3-12-4)6(9)7(10)11-2/h3H,1-2H3. The first-order valence-electron chi connectivity index (χ1n) is 3.20. The zero-order valence-electron chi connectivity index (χ0n) is 6.66. The number of aromatic nitrogens is 1. The van der Waals surface area contributed by atoms with Crippen LogP contribution in [0.2, 0.25) is 0 Å². The monoisotopic (exact) mass is 185 g/mol. The largest absolute Gasteiger partial charge is 0.463 e. The van der Waals surface area contributed by atoms with Gasteiger partial charge < -0.3 is 4.74 Å². The zero-order valence-corrected chi connectivity index (χ0v) is 7.47. The minimum atomic E-state index is -0.875. The van der Waals surface area contributed by atoms with E-state index in [0.29, 0.717) is 0 Å². The number of ketones is 1. The van der Waals surface area contributed by atoms with E-state index in [1.807, 2.05) is 0 Å². The summed E-state index contributed by atoms with van der Waals surface area (Å²) in [6.45, 7) is 1.76. The van der Waals surface area contributed by atoms with Gasteiger partial charge in [0.25, 0.3) is 5.78 Å². The Hall–Kier alpha value is -1.23. The number of esters is 1. The fraction of sp³-hybridized carbons (Fsp3) is 0.286. The molecule has 1 aromatic heterocycles. The van der Waals surface area contributed by atoms with Gasteiger partial charge in [-0.25, -0.2) is 9.78 Å². The van der Waals surface area contributed by atoms with Crippen molar-refractivity contribution in [3.05, 3.63) is 16.1 Å². The molecule has 4 nitrogen and oxygen atoms in total. The molecule has 0 N–H and O–H groups in total. The quantitative estimate of drug-likeness (QED) is 0.388. The maximum atomic E-state index is 11.1. The predicted octanol–water partition coefficient (Wildman–Crippen LogP) is 0.807. The highest BCUT2D eigenvalue weighted by atomic mass is 32.1. The molecule has 0 unspecified atom stereocenters. The Bertz CT molecular complexity index is 318. The molecule has 1 aromatic rings. The van der Waals surface area contributed by atoms with Crippen LogP contribution < -0.4 is 0 Å². The first kappa shape index (κ1) is 8.86. The van der Waals surface area contributed by atoms with Crippen LogP contribution in [-0.2, 0) is 9.53 Å². The van der Waals surface area contributed by atoms with E-state index in [9.17, 15) is 9.59 Å². The number of nitrogens with zero attached hydrogens (tertiary/aromatic N) is 1. The van der Waals surface area contributed by atoms with Crippen molar-refractivity contribution in [1.82, 2.24) is 4.98 Å². The van der Waals surface area contributed by atoms with E-state index in [0.717, 1.165) is 5.01 Å². The Kier molecular flexibility index (Phi) is 2.54. The minimum absolute atomic E-state index is 0.157. The summed E-state index contributed by atoms with van der Waals surface area (Å²) in [6.07, 6.45) is 0. The van der Waals surface area contributed by atoms with E-state index in [-0.39, 0.29) is 5.69 Å². The minimum Gasteiger partial charge on any atom is -0.463 e. The maximum absolute atomic E-state index is 11.1. The molecule has 5 heteroatoms. The molecule has 0 aliphatic rings. The summed E-state index contributed by atoms with van der Waals surface area (Å²) in [5.74, 6) is -1.57. The highest BCUT2D eigenvalue weighted by Crippen LogP contribution is 2.08. The third-order valence-corrected chi connectivity index (χ3v) is 2.00. The summed E-state index contributed by atoms with van der Waals surface area (Å²) >= 11 is 1.32. The molecule has 0 bridgehead atoms. The van der Waals surface area contributed by atoms with Crippen LogP contribution in [0.25, 0.3) is 0 Å². The van der Waals surface area contributed by atoms with Gasteiger partial charge in [0.1, 0.15) is 5.69 Å². The molecule has 0 atom stereocenters. The van der Waals surface area contributed by atoms with Gasteiger partial charge in [0.2, 0.25) is 0 Å². The lowest BCUT2D eigenvalue weighted by atomic mass is 10.3. The van der Waals surface area contributed by atoms with Gasteiger partial charge in [-0.3, -0.25) is 4.79 Å². The van der Waals surface area contributed by atoms with Crippen LogP contribution in [0.1, 0.15) is 15.5 Å². The molecule has 1 rings (SSSR count). The lowest BCUT2D eigenvalue weighted by Crippen LogP contribution is -2.15. The second kappa shape index (κ2) is 3.44. The number of thiazole rings is 1. The smallest absolute Gasteiger partial charge is 0.381 e. The molecule has 64 valence electrons. The molecule has 0 saturated carbocycles. The van der Waals surface area contributed by atoms with Crippen molar-refractivity contribution in [3.63, 3.8) is 0 Å². The SMILES string of the molecule is COC(=O)C(=O)c1csc(C)n1. The van der Waals surface area contributed by atoms with Crippen molar-refractivity contribution in [3.8, 4) is 0 Å². The van der Waals surface area contributed by atoms with Gasteiger partial charge in [0.15, 0.2) is 0 Å². The summed E-state index contributed by atoms with van der Waals surface area (Å²) < 4.78 is 4.25. The van der Waals surface area contributed by atoms with Crippen molar-refractivity contribution in [2.24, 2.45) is 0 Å². The summed E-state index contributed by atoms with van der Waals surface area (Å²) in [7, 11) is 1.17. The van der Waals surface area contributed by atoms with E-state index >= 15 is 0 Å². The number of Topliss-reactive ketones (excluding diaryl/α,β-unsaturated/α-hetero) is 1. The van der Waals surface area contributed by atoms with Crippen molar-refractivity contribution in [2.75, 3.05) is 7.11 Å². The van der Waals surface area contributed by atoms with E-state index in [1.54, 1.807) is 6.92 Å². The lowest BCUT2D eigenvalue weighted by Gasteiger charge is -1.92. The molecule has 1 heterocycles. The second-order valence-corrected chi connectivity index (χ2v) is 3.13. The van der Waals surface area contributed by atoms with E-state index < -0.39 is 11.8 Å². The van der Waals surface area contributed by atoms with Gasteiger partial charge in [-0.2, -0.15) is 0 Å². The lowest BCUT2D eigenvalue weighted by molar-refractivity contribution is -0.135. The number of aryl methyl sites for hydroxylation is 1. The van der Waals surface area contributed by atoms with Gasteiger partial charge in [-0.15, -0.1) is 11.3 Å². The van der Waals surface area contributed by atoms with Crippen molar-refractivity contribution < 1.29 is 14.3 Å².